The number of anilines is 1. The van der Waals surface area contributed by atoms with Gasteiger partial charge in [0, 0.05) is 12.4 Å². The molecule has 0 aliphatic heterocycles. The number of hydrogen-bond donors (Lipinski definition) is 1. The molecule has 3 rings (SSSR count). The molecule has 1 aromatic heterocycles. The van der Waals surface area contributed by atoms with Gasteiger partial charge >= 0.3 is 6.18 Å². The fourth-order valence-electron chi connectivity index (χ4n) is 2.60. The number of carbonyl (C=O) groups is 1. The molecule has 2 aromatic carbocycles. The molecule has 0 bridgehead atoms. The van der Waals surface area contributed by atoms with Gasteiger partial charge in [0.1, 0.15) is 11.5 Å². The average molecular weight is 391 g/mol. The number of alkyl halides is 3. The Morgan fingerprint density at radius 1 is 1.11 bits per heavy atom. The Hall–Kier alpha value is -3.49. The van der Waals surface area contributed by atoms with E-state index < -0.39 is 17.6 Å². The maximum Gasteiger partial charge on any atom is 0.416 e. The number of nitrogens with zero attached hydrogens (tertiary/aromatic N) is 2. The molecule has 0 aliphatic rings. The van der Waals surface area contributed by atoms with Crippen LogP contribution >= 0.6 is 0 Å². The molecule has 3 aromatic rings. The smallest absolute Gasteiger partial charge is 0.416 e. The number of aromatic nitrogens is 2. The molecule has 0 spiro atoms. The third kappa shape index (κ3) is 3.93. The van der Waals surface area contributed by atoms with E-state index in [1.165, 1.54) is 43.3 Å². The molecule has 6 nitrogen and oxygen atoms in total. The lowest BCUT2D eigenvalue weighted by molar-refractivity contribution is -0.137. The van der Waals surface area contributed by atoms with E-state index in [1.807, 2.05) is 0 Å². The summed E-state index contributed by atoms with van der Waals surface area (Å²) in [6, 6.07) is 9.24. The van der Waals surface area contributed by atoms with E-state index in [-0.39, 0.29) is 22.7 Å². The highest BCUT2D eigenvalue weighted by molar-refractivity contribution is 6.07. The molecule has 1 heterocycles. The van der Waals surface area contributed by atoms with E-state index in [2.05, 4.69) is 10.4 Å². The molecule has 146 valence electrons. The fourth-order valence-corrected chi connectivity index (χ4v) is 2.60. The quantitative estimate of drug-likeness (QED) is 0.709. The molecule has 0 aliphatic carbocycles. The van der Waals surface area contributed by atoms with Crippen LogP contribution in [0.25, 0.3) is 5.69 Å². The first-order valence-corrected chi connectivity index (χ1v) is 8.08. The molecule has 1 amide bonds. The van der Waals surface area contributed by atoms with Gasteiger partial charge in [-0.25, -0.2) is 4.68 Å². The first-order chi connectivity index (χ1) is 13.3. The molecular formula is C19H16F3N3O3. The van der Waals surface area contributed by atoms with Crippen molar-refractivity contribution in [1.82, 2.24) is 9.78 Å². The van der Waals surface area contributed by atoms with Gasteiger partial charge < -0.3 is 14.8 Å². The summed E-state index contributed by atoms with van der Waals surface area (Å²) >= 11 is 0. The normalized spacial score (nSPS) is 11.2. The van der Waals surface area contributed by atoms with Crippen molar-refractivity contribution in [2.75, 3.05) is 19.5 Å². The third-order valence-corrected chi connectivity index (χ3v) is 3.97. The minimum Gasteiger partial charge on any atom is -0.497 e. The largest absolute Gasteiger partial charge is 0.497 e. The molecule has 0 atom stereocenters. The van der Waals surface area contributed by atoms with Gasteiger partial charge in [-0.05, 0) is 42.5 Å². The van der Waals surface area contributed by atoms with Gasteiger partial charge in [-0.3, -0.25) is 4.79 Å². The summed E-state index contributed by atoms with van der Waals surface area (Å²) in [5, 5.41) is 6.54. The number of nitrogens with one attached hydrogen (secondary N) is 1. The van der Waals surface area contributed by atoms with Crippen molar-refractivity contribution in [3.8, 4) is 17.2 Å². The number of amides is 1. The second kappa shape index (κ2) is 7.63. The summed E-state index contributed by atoms with van der Waals surface area (Å²) in [5.74, 6) is 0.0108. The number of rotatable bonds is 5. The number of halogens is 3. The van der Waals surface area contributed by atoms with Crippen LogP contribution in [0.4, 0.5) is 18.9 Å². The Morgan fingerprint density at radius 3 is 2.50 bits per heavy atom. The number of methoxy groups -OCH3 is 2. The van der Waals surface area contributed by atoms with Gasteiger partial charge in [0.2, 0.25) is 0 Å². The van der Waals surface area contributed by atoms with E-state index in [9.17, 15) is 18.0 Å². The Labute approximate surface area is 158 Å². The van der Waals surface area contributed by atoms with Crippen LogP contribution in [0, 0.1) is 0 Å². The van der Waals surface area contributed by atoms with Crippen LogP contribution in [0.15, 0.2) is 54.9 Å². The molecule has 1 N–H and O–H groups in total. The van der Waals surface area contributed by atoms with Crippen LogP contribution in [0.2, 0.25) is 0 Å². The molecular weight excluding hydrogens is 375 g/mol. The molecule has 0 unspecified atom stereocenters. The average Bonchev–Trinajstić information content (AvgIpc) is 3.21. The van der Waals surface area contributed by atoms with Crippen molar-refractivity contribution in [3.63, 3.8) is 0 Å². The van der Waals surface area contributed by atoms with Gasteiger partial charge in [-0.15, -0.1) is 0 Å². The Morgan fingerprint density at radius 2 is 1.89 bits per heavy atom. The highest BCUT2D eigenvalue weighted by Crippen LogP contribution is 2.34. The van der Waals surface area contributed by atoms with Crippen molar-refractivity contribution in [3.05, 3.63) is 66.0 Å². The van der Waals surface area contributed by atoms with E-state index in [1.54, 1.807) is 18.3 Å². The minimum absolute atomic E-state index is 0.0478. The first-order valence-electron chi connectivity index (χ1n) is 8.08. The predicted molar refractivity (Wildman–Crippen MR) is 96.1 cm³/mol. The Balaban J connectivity index is 2.04. The third-order valence-electron chi connectivity index (χ3n) is 3.97. The fraction of sp³-hybridized carbons (Fsp3) is 0.158. The van der Waals surface area contributed by atoms with Gasteiger partial charge in [0.25, 0.3) is 5.91 Å². The molecule has 28 heavy (non-hydrogen) atoms. The van der Waals surface area contributed by atoms with Crippen LogP contribution in [0.5, 0.6) is 11.5 Å². The number of ether oxygens (including phenoxy) is 2. The van der Waals surface area contributed by atoms with Gasteiger partial charge in [-0.1, -0.05) is 0 Å². The van der Waals surface area contributed by atoms with Crippen LogP contribution in [-0.2, 0) is 6.18 Å². The van der Waals surface area contributed by atoms with Crippen LogP contribution < -0.4 is 14.8 Å². The summed E-state index contributed by atoms with van der Waals surface area (Å²) in [4.78, 5) is 12.8. The molecule has 0 radical (unpaired) electrons. The first kappa shape index (κ1) is 19.3. The van der Waals surface area contributed by atoms with Crippen LogP contribution in [0.1, 0.15) is 15.9 Å². The summed E-state index contributed by atoms with van der Waals surface area (Å²) in [7, 11) is 2.82. The SMILES string of the molecule is COc1ccc(OC)c(C(=O)Nc2cc(C(F)(F)F)ccc2-n2cccn2)c1. The highest BCUT2D eigenvalue weighted by atomic mass is 19.4. The number of carbonyl (C=O) groups excluding carboxylic acids is 1. The maximum atomic E-state index is 13.1. The van der Waals surface area contributed by atoms with Gasteiger partial charge in [0.15, 0.2) is 0 Å². The predicted octanol–water partition coefficient (Wildman–Crippen LogP) is 4.16. The van der Waals surface area contributed by atoms with Crippen LogP contribution in [0.3, 0.4) is 0 Å². The van der Waals surface area contributed by atoms with Crippen molar-refractivity contribution in [2.45, 2.75) is 6.18 Å². The summed E-state index contributed by atoms with van der Waals surface area (Å²) < 4.78 is 51.1. The Bertz CT molecular complexity index is 986. The zero-order chi connectivity index (χ0) is 20.3. The standard InChI is InChI=1S/C19H16F3N3O3/c1-27-13-5-7-17(28-2)14(11-13)18(26)24-15-10-12(19(20,21)22)4-6-16(15)25-9-3-8-23-25/h3-11H,1-2H3,(H,24,26). The van der Waals surface area contributed by atoms with E-state index in [4.69, 9.17) is 9.47 Å². The van der Waals surface area contributed by atoms with Crippen molar-refractivity contribution in [2.24, 2.45) is 0 Å². The lowest BCUT2D eigenvalue weighted by Crippen LogP contribution is -2.16. The second-order valence-corrected chi connectivity index (χ2v) is 5.70. The summed E-state index contributed by atoms with van der Waals surface area (Å²) in [6.45, 7) is 0. The van der Waals surface area contributed by atoms with E-state index in [0.29, 0.717) is 5.75 Å². The summed E-state index contributed by atoms with van der Waals surface area (Å²) in [5.41, 5.74) is -0.538. The topological polar surface area (TPSA) is 65.4 Å². The highest BCUT2D eigenvalue weighted by Gasteiger charge is 2.31. The van der Waals surface area contributed by atoms with Gasteiger partial charge in [-0.2, -0.15) is 18.3 Å². The van der Waals surface area contributed by atoms with Crippen molar-refractivity contribution >= 4 is 11.6 Å². The molecule has 0 fully saturated rings. The number of benzene rings is 2. The maximum absolute atomic E-state index is 13.1. The van der Waals surface area contributed by atoms with E-state index in [0.717, 1.165) is 12.1 Å². The van der Waals surface area contributed by atoms with E-state index >= 15 is 0 Å². The monoisotopic (exact) mass is 391 g/mol. The van der Waals surface area contributed by atoms with Crippen molar-refractivity contribution < 1.29 is 27.4 Å². The molecule has 0 saturated carbocycles. The second-order valence-electron chi connectivity index (χ2n) is 5.70. The van der Waals surface area contributed by atoms with Gasteiger partial charge in [0.05, 0.1) is 36.7 Å². The van der Waals surface area contributed by atoms with Crippen LogP contribution in [-0.4, -0.2) is 29.9 Å². The lowest BCUT2D eigenvalue weighted by Gasteiger charge is -2.16. The number of hydrogen-bond acceptors (Lipinski definition) is 4. The molecule has 0 saturated heterocycles. The lowest BCUT2D eigenvalue weighted by atomic mass is 10.1. The Kier molecular flexibility index (Phi) is 5.25. The summed E-state index contributed by atoms with van der Waals surface area (Å²) in [6.07, 6.45) is -1.52. The zero-order valence-corrected chi connectivity index (χ0v) is 14.9. The van der Waals surface area contributed by atoms with Crippen molar-refractivity contribution in [1.29, 1.82) is 0 Å². The minimum atomic E-state index is -4.56. The molecule has 9 heteroatoms. The zero-order valence-electron chi connectivity index (χ0n) is 14.9.